The second-order valence-corrected chi connectivity index (χ2v) is 10.0. The molecular weight excluding hydrogens is 445 g/mol. The van der Waals surface area contributed by atoms with E-state index in [1.807, 2.05) is 11.9 Å². The fourth-order valence-corrected chi connectivity index (χ4v) is 5.59. The van der Waals surface area contributed by atoms with Crippen molar-refractivity contribution in [2.75, 3.05) is 44.4 Å². The first-order valence-corrected chi connectivity index (χ1v) is 13.0. The first-order chi connectivity index (χ1) is 15.6. The number of piperidine rings is 1. The zero-order chi connectivity index (χ0) is 22.5. The monoisotopic (exact) mass is 477 g/mol. The van der Waals surface area contributed by atoms with Crippen LogP contribution in [0.2, 0.25) is 5.02 Å². The van der Waals surface area contributed by atoms with Crippen LogP contribution < -0.4 is 10.2 Å². The number of fused-ring (bicyclic) bond motifs is 1. The van der Waals surface area contributed by atoms with E-state index in [-0.39, 0.29) is 12.0 Å². The molecule has 0 saturated carbocycles. The van der Waals surface area contributed by atoms with Crippen LogP contribution in [0.1, 0.15) is 42.2 Å². The lowest BCUT2D eigenvalue weighted by molar-refractivity contribution is 0.0671. The Morgan fingerprint density at radius 1 is 1.19 bits per heavy atom. The summed E-state index contributed by atoms with van der Waals surface area (Å²) in [7, 11) is 1.77. The summed E-state index contributed by atoms with van der Waals surface area (Å²) in [5.41, 5.74) is 4.70. The van der Waals surface area contributed by atoms with Gasteiger partial charge in [0.05, 0.1) is 0 Å². The van der Waals surface area contributed by atoms with Crippen LogP contribution in [0, 0.1) is 11.7 Å². The molecular formula is C25H33ClFN3OS. The number of benzene rings is 2. The number of anilines is 1. The van der Waals surface area contributed by atoms with Gasteiger partial charge in [-0.1, -0.05) is 35.7 Å². The van der Waals surface area contributed by atoms with E-state index in [0.717, 1.165) is 44.6 Å². The fourth-order valence-electron chi connectivity index (χ4n) is 4.78. The Kier molecular flexibility index (Phi) is 8.35. The zero-order valence-corrected chi connectivity index (χ0v) is 20.5. The molecule has 0 aliphatic carbocycles. The molecule has 0 radical (unpaired) electrons. The molecule has 2 aliphatic heterocycles. The highest BCUT2D eigenvalue weighted by atomic mass is 35.5. The highest BCUT2D eigenvalue weighted by Crippen LogP contribution is 2.32. The summed E-state index contributed by atoms with van der Waals surface area (Å²) in [6.45, 7) is 4.97. The predicted octanol–water partition coefficient (Wildman–Crippen LogP) is 5.66. The lowest BCUT2D eigenvalue weighted by Gasteiger charge is -2.33. The van der Waals surface area contributed by atoms with E-state index in [1.165, 1.54) is 41.8 Å². The van der Waals surface area contributed by atoms with Crippen molar-refractivity contribution >= 4 is 29.2 Å². The highest BCUT2D eigenvalue weighted by molar-refractivity contribution is 7.96. The quantitative estimate of drug-likeness (QED) is 0.391. The van der Waals surface area contributed by atoms with Crippen molar-refractivity contribution in [2.45, 2.75) is 38.5 Å². The summed E-state index contributed by atoms with van der Waals surface area (Å²) in [4.78, 5) is 2.34. The summed E-state index contributed by atoms with van der Waals surface area (Å²) in [5.74, 6) is 0.403. The first-order valence-electron chi connectivity index (χ1n) is 11.4. The molecule has 4 nitrogen and oxygen atoms in total. The van der Waals surface area contributed by atoms with Crippen molar-refractivity contribution in [3.8, 4) is 0 Å². The molecule has 1 unspecified atom stereocenters. The molecule has 7 heteroatoms. The van der Waals surface area contributed by atoms with Crippen LogP contribution in [-0.2, 0) is 17.7 Å². The van der Waals surface area contributed by atoms with Gasteiger partial charge in [-0.2, -0.15) is 0 Å². The molecule has 0 aromatic heterocycles. The average molecular weight is 478 g/mol. The van der Waals surface area contributed by atoms with Crippen molar-refractivity contribution in [1.82, 2.24) is 9.62 Å². The number of methoxy groups -OCH3 is 1. The van der Waals surface area contributed by atoms with Gasteiger partial charge in [-0.15, -0.1) is 0 Å². The van der Waals surface area contributed by atoms with Gasteiger partial charge >= 0.3 is 0 Å². The molecule has 1 N–H and O–H groups in total. The normalized spacial score (nSPS) is 18.6. The maximum Gasteiger partial charge on any atom is 0.133 e. The van der Waals surface area contributed by atoms with Gasteiger partial charge in [0.1, 0.15) is 12.0 Å². The lowest BCUT2D eigenvalue weighted by Crippen LogP contribution is -2.35. The molecule has 0 amide bonds. The summed E-state index contributed by atoms with van der Waals surface area (Å²) < 4.78 is 21.7. The van der Waals surface area contributed by atoms with Crippen LogP contribution in [0.15, 0.2) is 36.4 Å². The van der Waals surface area contributed by atoms with Crippen molar-refractivity contribution in [2.24, 2.45) is 5.92 Å². The Hall–Kier alpha value is -1.31. The molecule has 1 atom stereocenters. The number of nitrogens with one attached hydrogen (secondary N) is 1. The SMILES string of the molecule is COC(NCC1CCN(SC)CC1)c1ccc2c(c1)CCCN2Cc1ccc(F)cc1Cl. The van der Waals surface area contributed by atoms with Crippen molar-refractivity contribution < 1.29 is 9.13 Å². The predicted molar refractivity (Wildman–Crippen MR) is 133 cm³/mol. The molecule has 174 valence electrons. The third kappa shape index (κ3) is 5.78. The molecule has 0 bridgehead atoms. The van der Waals surface area contributed by atoms with Gasteiger partial charge in [0, 0.05) is 50.5 Å². The Morgan fingerprint density at radius 3 is 2.72 bits per heavy atom. The molecule has 4 rings (SSSR count). The van der Waals surface area contributed by atoms with E-state index in [2.05, 4.69) is 39.0 Å². The van der Waals surface area contributed by atoms with Gasteiger partial charge in [0.2, 0.25) is 0 Å². The van der Waals surface area contributed by atoms with Crippen molar-refractivity contribution in [1.29, 1.82) is 0 Å². The molecule has 1 saturated heterocycles. The summed E-state index contributed by atoms with van der Waals surface area (Å²) in [6, 6.07) is 11.3. The molecule has 0 spiro atoms. The number of rotatable bonds is 8. The average Bonchev–Trinajstić information content (AvgIpc) is 2.81. The van der Waals surface area contributed by atoms with E-state index in [0.29, 0.717) is 17.5 Å². The molecule has 2 aromatic rings. The fraction of sp³-hybridized carbons (Fsp3) is 0.520. The third-order valence-electron chi connectivity index (χ3n) is 6.66. The second-order valence-electron chi connectivity index (χ2n) is 8.73. The summed E-state index contributed by atoms with van der Waals surface area (Å²) >= 11 is 8.13. The molecule has 1 fully saturated rings. The zero-order valence-electron chi connectivity index (χ0n) is 18.9. The smallest absolute Gasteiger partial charge is 0.133 e. The topological polar surface area (TPSA) is 27.7 Å². The van der Waals surface area contributed by atoms with Gasteiger partial charge in [-0.3, -0.25) is 9.62 Å². The number of hydrogen-bond acceptors (Lipinski definition) is 5. The Bertz CT molecular complexity index is 907. The first kappa shape index (κ1) is 23.8. The number of aryl methyl sites for hydroxylation is 1. The van der Waals surface area contributed by atoms with E-state index >= 15 is 0 Å². The van der Waals surface area contributed by atoms with Crippen LogP contribution in [0.3, 0.4) is 0 Å². The van der Waals surface area contributed by atoms with Crippen LogP contribution in [0.5, 0.6) is 0 Å². The maximum absolute atomic E-state index is 13.4. The summed E-state index contributed by atoms with van der Waals surface area (Å²) in [6.07, 6.45) is 6.67. The van der Waals surface area contributed by atoms with Crippen molar-refractivity contribution in [3.05, 3.63) is 63.9 Å². The van der Waals surface area contributed by atoms with E-state index in [9.17, 15) is 4.39 Å². The van der Waals surface area contributed by atoms with Gasteiger partial charge in [0.25, 0.3) is 0 Å². The minimum absolute atomic E-state index is 0.0965. The number of halogens is 2. The standard InChI is InChI=1S/C25H33ClFN3OS/c1-31-25(28-16-18-9-12-30(32-2)13-10-18)20-6-8-24-19(14-20)4-3-11-29(24)17-21-5-7-22(27)15-23(21)26/h5-8,14-15,18,25,28H,3-4,9-13,16-17H2,1-2H3. The number of ether oxygens (including phenoxy) is 1. The lowest BCUT2D eigenvalue weighted by atomic mass is 9.96. The van der Waals surface area contributed by atoms with Gasteiger partial charge < -0.3 is 9.64 Å². The van der Waals surface area contributed by atoms with Crippen LogP contribution >= 0.6 is 23.5 Å². The third-order valence-corrected chi connectivity index (χ3v) is 7.89. The molecule has 2 heterocycles. The van der Waals surface area contributed by atoms with E-state index in [1.54, 1.807) is 13.2 Å². The molecule has 2 aromatic carbocycles. The second kappa shape index (κ2) is 11.2. The Morgan fingerprint density at radius 2 is 2.00 bits per heavy atom. The van der Waals surface area contributed by atoms with Crippen LogP contribution in [-0.4, -0.2) is 43.8 Å². The minimum Gasteiger partial charge on any atom is -0.367 e. The van der Waals surface area contributed by atoms with Crippen molar-refractivity contribution in [3.63, 3.8) is 0 Å². The Labute approximate surface area is 200 Å². The highest BCUT2D eigenvalue weighted by Gasteiger charge is 2.22. The van der Waals surface area contributed by atoms with Crippen LogP contribution in [0.4, 0.5) is 10.1 Å². The number of hydrogen-bond donors (Lipinski definition) is 1. The van der Waals surface area contributed by atoms with Gasteiger partial charge in [0.15, 0.2) is 0 Å². The maximum atomic E-state index is 13.4. The van der Waals surface area contributed by atoms with Gasteiger partial charge in [-0.05, 0) is 78.8 Å². The molecule has 2 aliphatic rings. The van der Waals surface area contributed by atoms with Crippen LogP contribution in [0.25, 0.3) is 0 Å². The van der Waals surface area contributed by atoms with E-state index in [4.69, 9.17) is 16.3 Å². The van der Waals surface area contributed by atoms with Gasteiger partial charge in [-0.25, -0.2) is 4.39 Å². The van der Waals surface area contributed by atoms with E-state index < -0.39 is 0 Å². The molecule has 32 heavy (non-hydrogen) atoms. The minimum atomic E-state index is -0.296. The number of nitrogens with zero attached hydrogens (tertiary/aromatic N) is 2. The summed E-state index contributed by atoms with van der Waals surface area (Å²) in [5, 5.41) is 4.13. The Balaban J connectivity index is 1.41. The largest absolute Gasteiger partial charge is 0.367 e.